The fourth-order valence-electron chi connectivity index (χ4n) is 3.46. The van der Waals surface area contributed by atoms with Gasteiger partial charge in [0.1, 0.15) is 0 Å². The average Bonchev–Trinajstić information content (AvgIpc) is 3.00. The van der Waals surface area contributed by atoms with Gasteiger partial charge in [-0.1, -0.05) is 18.2 Å². The third-order valence-corrected chi connectivity index (χ3v) is 4.87. The van der Waals surface area contributed by atoms with Crippen LogP contribution in [0.2, 0.25) is 0 Å². The van der Waals surface area contributed by atoms with Gasteiger partial charge in [-0.05, 0) is 25.3 Å². The third-order valence-electron chi connectivity index (χ3n) is 4.87. The Balaban J connectivity index is 1.79. The molecule has 27 heavy (non-hydrogen) atoms. The first kappa shape index (κ1) is 19.2. The molecule has 0 bridgehead atoms. The second-order valence-electron chi connectivity index (χ2n) is 6.98. The van der Waals surface area contributed by atoms with Crippen molar-refractivity contribution in [2.45, 2.75) is 38.4 Å². The summed E-state index contributed by atoms with van der Waals surface area (Å²) in [5, 5.41) is 7.79. The van der Waals surface area contributed by atoms with Crippen LogP contribution in [0.1, 0.15) is 33.7 Å². The Morgan fingerprint density at radius 1 is 1.44 bits per heavy atom. The van der Waals surface area contributed by atoms with E-state index in [1.807, 2.05) is 4.68 Å². The zero-order chi connectivity index (χ0) is 19.6. The number of carbonyl (C=O) groups excluding carboxylic acids is 1. The third kappa shape index (κ3) is 3.93. The Bertz CT molecular complexity index is 860. The van der Waals surface area contributed by atoms with Gasteiger partial charge in [0.2, 0.25) is 0 Å². The number of allylic oxidation sites excluding steroid dienone is 1. The molecule has 0 fully saturated rings. The van der Waals surface area contributed by atoms with Crippen LogP contribution in [0.15, 0.2) is 30.9 Å². The summed E-state index contributed by atoms with van der Waals surface area (Å²) in [6.45, 7) is 4.54. The molecule has 0 aliphatic heterocycles. The van der Waals surface area contributed by atoms with Gasteiger partial charge in [-0.15, -0.1) is 6.58 Å². The van der Waals surface area contributed by atoms with E-state index in [-0.39, 0.29) is 18.5 Å². The van der Waals surface area contributed by atoms with Crippen molar-refractivity contribution in [3.05, 3.63) is 65.0 Å². The molecular weight excluding hydrogens is 350 g/mol. The lowest BCUT2D eigenvalue weighted by Crippen LogP contribution is -2.35. The summed E-state index contributed by atoms with van der Waals surface area (Å²) in [7, 11) is 3.40. The number of nitrogens with zero attached hydrogens (tertiary/aromatic N) is 3. The highest BCUT2D eigenvalue weighted by Gasteiger charge is 2.29. The number of hydrogen-bond acceptors (Lipinski definition) is 3. The maximum atomic E-state index is 13.9. The Kier molecular flexibility index (Phi) is 5.70. The van der Waals surface area contributed by atoms with E-state index in [1.165, 1.54) is 11.0 Å². The maximum absolute atomic E-state index is 13.9. The number of rotatable bonds is 6. The predicted octanol–water partition coefficient (Wildman–Crippen LogP) is 2.70. The SMILES string of the molecule is C=CCn1nc(C(=O)N(C)C)c2c1CCC(NCc1cccc(F)c1F)C2. The fraction of sp³-hybridized carbons (Fsp3) is 0.400. The highest BCUT2D eigenvalue weighted by molar-refractivity contribution is 5.93. The van der Waals surface area contributed by atoms with Crippen molar-refractivity contribution >= 4 is 5.91 Å². The van der Waals surface area contributed by atoms with Crippen LogP contribution in [0.5, 0.6) is 0 Å². The van der Waals surface area contributed by atoms with Crippen molar-refractivity contribution in [3.63, 3.8) is 0 Å². The highest BCUT2D eigenvalue weighted by atomic mass is 19.2. The van der Waals surface area contributed by atoms with Gasteiger partial charge in [-0.25, -0.2) is 8.78 Å². The first-order chi connectivity index (χ1) is 12.9. The lowest BCUT2D eigenvalue weighted by atomic mass is 9.91. The van der Waals surface area contributed by atoms with Gasteiger partial charge in [0.25, 0.3) is 5.91 Å². The largest absolute Gasteiger partial charge is 0.343 e. The Labute approximate surface area is 157 Å². The summed E-state index contributed by atoms with van der Waals surface area (Å²) >= 11 is 0. The molecule has 1 aliphatic carbocycles. The van der Waals surface area contributed by atoms with Gasteiger partial charge in [0.15, 0.2) is 17.3 Å². The van der Waals surface area contributed by atoms with Crippen molar-refractivity contribution in [3.8, 4) is 0 Å². The second-order valence-corrected chi connectivity index (χ2v) is 6.98. The van der Waals surface area contributed by atoms with Gasteiger partial charge in [0, 0.05) is 43.5 Å². The molecule has 0 saturated carbocycles. The van der Waals surface area contributed by atoms with Crippen LogP contribution in [-0.4, -0.2) is 40.7 Å². The lowest BCUT2D eigenvalue weighted by molar-refractivity contribution is 0.0820. The van der Waals surface area contributed by atoms with Crippen molar-refractivity contribution < 1.29 is 13.6 Å². The molecule has 1 aromatic carbocycles. The quantitative estimate of drug-likeness (QED) is 0.791. The molecular formula is C20H24F2N4O. The van der Waals surface area contributed by atoms with E-state index in [4.69, 9.17) is 0 Å². The number of hydrogen-bond donors (Lipinski definition) is 1. The Morgan fingerprint density at radius 2 is 2.22 bits per heavy atom. The van der Waals surface area contributed by atoms with E-state index >= 15 is 0 Å². The number of benzene rings is 1. The van der Waals surface area contributed by atoms with Crippen molar-refractivity contribution in [1.29, 1.82) is 0 Å². The summed E-state index contributed by atoms with van der Waals surface area (Å²) in [5.74, 6) is -1.79. The second kappa shape index (κ2) is 8.00. The number of nitrogens with one attached hydrogen (secondary N) is 1. The number of amides is 1. The van der Waals surface area contributed by atoms with Gasteiger partial charge >= 0.3 is 0 Å². The minimum Gasteiger partial charge on any atom is -0.343 e. The molecule has 3 rings (SSSR count). The standard InChI is InChI=1S/C20H24F2N4O/c1-4-10-26-17-9-8-14(11-15(17)19(24-26)20(27)25(2)3)23-12-13-6-5-7-16(21)18(13)22/h4-7,14,23H,1,8-12H2,2-3H3. The van der Waals surface area contributed by atoms with Gasteiger partial charge in [-0.3, -0.25) is 9.48 Å². The first-order valence-electron chi connectivity index (χ1n) is 8.99. The van der Waals surface area contributed by atoms with Crippen molar-refractivity contribution in [2.75, 3.05) is 14.1 Å². The molecule has 0 radical (unpaired) electrons. The van der Waals surface area contributed by atoms with Crippen LogP contribution < -0.4 is 5.32 Å². The van der Waals surface area contributed by atoms with E-state index in [2.05, 4.69) is 17.0 Å². The molecule has 1 unspecified atom stereocenters. The molecule has 7 heteroatoms. The topological polar surface area (TPSA) is 50.2 Å². The molecule has 0 spiro atoms. The summed E-state index contributed by atoms with van der Waals surface area (Å²) in [6.07, 6.45) is 3.98. The van der Waals surface area contributed by atoms with Crippen molar-refractivity contribution in [2.24, 2.45) is 0 Å². The zero-order valence-corrected chi connectivity index (χ0v) is 15.6. The molecule has 0 saturated heterocycles. The molecule has 1 amide bonds. The summed E-state index contributed by atoms with van der Waals surface area (Å²) < 4.78 is 29.1. The zero-order valence-electron chi connectivity index (χ0n) is 15.6. The van der Waals surface area contributed by atoms with Crippen LogP contribution in [0.25, 0.3) is 0 Å². The van der Waals surface area contributed by atoms with Crippen LogP contribution in [-0.2, 0) is 25.9 Å². The summed E-state index contributed by atoms with van der Waals surface area (Å²) in [5.41, 5.74) is 2.74. The highest BCUT2D eigenvalue weighted by Crippen LogP contribution is 2.26. The normalized spacial score (nSPS) is 16.1. The van der Waals surface area contributed by atoms with Gasteiger partial charge in [-0.2, -0.15) is 5.10 Å². The van der Waals surface area contributed by atoms with Gasteiger partial charge < -0.3 is 10.2 Å². The molecule has 1 atom stereocenters. The van der Waals surface area contributed by atoms with Crippen LogP contribution in [0.3, 0.4) is 0 Å². The minimum atomic E-state index is -0.843. The molecule has 144 valence electrons. The summed E-state index contributed by atoms with van der Waals surface area (Å²) in [4.78, 5) is 14.0. The van der Waals surface area contributed by atoms with Crippen molar-refractivity contribution in [1.82, 2.24) is 20.0 Å². The minimum absolute atomic E-state index is 0.0651. The predicted molar refractivity (Wildman–Crippen MR) is 99.5 cm³/mol. The number of fused-ring (bicyclic) bond motifs is 1. The van der Waals surface area contributed by atoms with Crippen LogP contribution >= 0.6 is 0 Å². The lowest BCUT2D eigenvalue weighted by Gasteiger charge is -2.25. The Hall–Kier alpha value is -2.54. The smallest absolute Gasteiger partial charge is 0.274 e. The van der Waals surface area contributed by atoms with E-state index < -0.39 is 11.6 Å². The maximum Gasteiger partial charge on any atom is 0.274 e. The Morgan fingerprint density at radius 3 is 2.93 bits per heavy atom. The molecule has 5 nitrogen and oxygen atoms in total. The monoisotopic (exact) mass is 374 g/mol. The molecule has 1 heterocycles. The first-order valence-corrected chi connectivity index (χ1v) is 8.99. The number of carbonyl (C=O) groups is 1. The van der Waals surface area contributed by atoms with E-state index in [0.29, 0.717) is 24.2 Å². The number of aromatic nitrogens is 2. The average molecular weight is 374 g/mol. The van der Waals surface area contributed by atoms with Crippen LogP contribution in [0.4, 0.5) is 8.78 Å². The van der Waals surface area contributed by atoms with E-state index in [9.17, 15) is 13.6 Å². The van der Waals surface area contributed by atoms with E-state index in [0.717, 1.165) is 30.2 Å². The molecule has 1 aliphatic rings. The molecule has 1 aromatic heterocycles. The fourth-order valence-corrected chi connectivity index (χ4v) is 3.46. The van der Waals surface area contributed by atoms with E-state index in [1.54, 1.807) is 26.2 Å². The summed E-state index contributed by atoms with van der Waals surface area (Å²) in [6, 6.07) is 4.25. The van der Waals surface area contributed by atoms with Crippen LogP contribution in [0, 0.1) is 11.6 Å². The molecule has 2 aromatic rings. The van der Waals surface area contributed by atoms with Gasteiger partial charge in [0.05, 0.1) is 6.54 Å². The molecule has 1 N–H and O–H groups in total. The number of halogens is 2.